The van der Waals surface area contributed by atoms with Crippen LogP contribution >= 0.6 is 0 Å². The number of hydrogen-bond donors (Lipinski definition) is 2. The zero-order valence-electron chi connectivity index (χ0n) is 7.04. The van der Waals surface area contributed by atoms with Crippen molar-refractivity contribution in [2.45, 2.75) is 13.8 Å². The van der Waals surface area contributed by atoms with Gasteiger partial charge in [0.1, 0.15) is 0 Å². The van der Waals surface area contributed by atoms with Gasteiger partial charge in [0.15, 0.2) is 0 Å². The quantitative estimate of drug-likeness (QED) is 0.470. The number of hydrogen-bond acceptors (Lipinski definition) is 4. The first-order valence-corrected chi connectivity index (χ1v) is 3.92. The summed E-state index contributed by atoms with van der Waals surface area (Å²) in [7, 11) is 5.59. The van der Waals surface area contributed by atoms with Crippen LogP contribution in [-0.4, -0.2) is 45.6 Å². The number of nitrogens with zero attached hydrogens (tertiary/aromatic N) is 2. The Balaban J connectivity index is 2.30. The van der Waals surface area contributed by atoms with Gasteiger partial charge in [-0.05, 0) is 0 Å². The summed E-state index contributed by atoms with van der Waals surface area (Å²) in [4.78, 5) is 2.00. The molecule has 0 unspecified atom stereocenters. The fourth-order valence-electron chi connectivity index (χ4n) is 1.03. The molecule has 1 aliphatic rings. The highest BCUT2D eigenvalue weighted by Crippen LogP contribution is 1.92. The smallest absolute Gasteiger partial charge is 0.302 e. The van der Waals surface area contributed by atoms with Gasteiger partial charge >= 0.3 is 15.1 Å². The van der Waals surface area contributed by atoms with E-state index in [0.29, 0.717) is 0 Å². The summed E-state index contributed by atoms with van der Waals surface area (Å²) >= 11 is 0. The van der Waals surface area contributed by atoms with Gasteiger partial charge in [-0.1, -0.05) is 13.8 Å². The van der Waals surface area contributed by atoms with Crippen LogP contribution in [0.1, 0.15) is 13.8 Å². The third-order valence-electron chi connectivity index (χ3n) is 1.64. The van der Waals surface area contributed by atoms with Gasteiger partial charge in [0.25, 0.3) is 7.55 Å². The zero-order valence-corrected chi connectivity index (χ0v) is 7.04. The first-order valence-electron chi connectivity index (χ1n) is 3.92. The minimum absolute atomic E-state index is 1.01. The van der Waals surface area contributed by atoms with E-state index in [1.54, 1.807) is 7.55 Å². The van der Waals surface area contributed by atoms with E-state index in [0.717, 1.165) is 13.1 Å². The van der Waals surface area contributed by atoms with Crippen molar-refractivity contribution in [3.63, 3.8) is 0 Å². The van der Waals surface area contributed by atoms with Crippen molar-refractivity contribution >= 4 is 22.6 Å². The van der Waals surface area contributed by atoms with Crippen LogP contribution in [0.4, 0.5) is 0 Å². The Hall–Kier alpha value is 0.0348. The Labute approximate surface area is 70.5 Å². The molecule has 1 fully saturated rings. The fraction of sp³-hybridized carbons (Fsp3) is 1.00. The molecule has 1 heterocycles. The van der Waals surface area contributed by atoms with Crippen molar-refractivity contribution in [3.05, 3.63) is 0 Å². The first-order chi connectivity index (χ1) is 5.38. The summed E-state index contributed by atoms with van der Waals surface area (Å²) in [5.41, 5.74) is 0. The molecule has 3 radical (unpaired) electrons. The summed E-state index contributed by atoms with van der Waals surface area (Å²) in [5.74, 6) is 0. The van der Waals surface area contributed by atoms with Crippen molar-refractivity contribution in [2.75, 3.05) is 13.1 Å². The maximum Gasteiger partial charge on any atom is 0.302 e. The monoisotopic (exact) mass is 149 g/mol. The topological polar surface area (TPSA) is 30.5 Å². The van der Waals surface area contributed by atoms with Gasteiger partial charge in [-0.2, -0.15) is 0 Å². The standard InChI is InChI=1S/C4H12B3N4/c1-3-10(4-2)11-6-8-5-9-7-11/h8-9H,3-4H2,1-2H3. The zero-order chi connectivity index (χ0) is 8.10. The highest BCUT2D eigenvalue weighted by molar-refractivity contribution is 6.65. The molecule has 7 heteroatoms. The van der Waals surface area contributed by atoms with Gasteiger partial charge in [-0.3, -0.25) is 9.84 Å². The predicted octanol–water partition coefficient (Wildman–Crippen LogP) is -1.66. The molecule has 2 N–H and O–H groups in total. The van der Waals surface area contributed by atoms with E-state index in [-0.39, 0.29) is 0 Å². The average Bonchev–Trinajstić information content (AvgIpc) is 2.09. The molecule has 0 spiro atoms. The molecule has 0 atom stereocenters. The lowest BCUT2D eigenvalue weighted by atomic mass is 9.83. The van der Waals surface area contributed by atoms with Crippen LogP contribution in [0.2, 0.25) is 0 Å². The maximum atomic E-state index is 2.98. The third-order valence-corrected chi connectivity index (χ3v) is 1.64. The van der Waals surface area contributed by atoms with Gasteiger partial charge in [0, 0.05) is 13.1 Å². The van der Waals surface area contributed by atoms with Gasteiger partial charge in [0.05, 0.1) is 0 Å². The van der Waals surface area contributed by atoms with E-state index in [1.165, 1.54) is 0 Å². The van der Waals surface area contributed by atoms with Crippen LogP contribution in [0.3, 0.4) is 0 Å². The molecule has 0 bridgehead atoms. The predicted molar refractivity (Wildman–Crippen MR) is 48.3 cm³/mol. The van der Waals surface area contributed by atoms with E-state index < -0.39 is 0 Å². The molecule has 0 aromatic rings. The van der Waals surface area contributed by atoms with Crippen molar-refractivity contribution in [3.8, 4) is 0 Å². The van der Waals surface area contributed by atoms with Gasteiger partial charge in [-0.25, -0.2) is 0 Å². The number of rotatable bonds is 3. The largest absolute Gasteiger partial charge is 0.378 e. The fourth-order valence-corrected chi connectivity index (χ4v) is 1.03. The van der Waals surface area contributed by atoms with Crippen molar-refractivity contribution in [1.82, 2.24) is 20.1 Å². The molecule has 1 rings (SSSR count). The minimum atomic E-state index is 1.01. The molecule has 0 aromatic heterocycles. The molecule has 4 nitrogen and oxygen atoms in total. The summed E-state index contributed by atoms with van der Waals surface area (Å²) in [6, 6.07) is 0. The molecular weight excluding hydrogens is 137 g/mol. The van der Waals surface area contributed by atoms with Crippen LogP contribution in [-0.2, 0) is 0 Å². The minimum Gasteiger partial charge on any atom is -0.378 e. The highest BCUT2D eigenvalue weighted by atomic mass is 15.6. The SMILES string of the molecule is CCN(CC)N1[B]N[B]N[B]1. The van der Waals surface area contributed by atoms with E-state index in [4.69, 9.17) is 0 Å². The Kier molecular flexibility index (Phi) is 4.00. The normalized spacial score (nSPS) is 18.8. The molecule has 11 heavy (non-hydrogen) atoms. The lowest BCUT2D eigenvalue weighted by molar-refractivity contribution is 0.149. The van der Waals surface area contributed by atoms with Crippen molar-refractivity contribution in [1.29, 1.82) is 0 Å². The van der Waals surface area contributed by atoms with Gasteiger partial charge < -0.3 is 10.3 Å². The van der Waals surface area contributed by atoms with Crippen LogP contribution in [0.15, 0.2) is 0 Å². The highest BCUT2D eigenvalue weighted by Gasteiger charge is 2.18. The molecule has 1 saturated heterocycles. The Morgan fingerprint density at radius 3 is 2.18 bits per heavy atom. The summed E-state index contributed by atoms with van der Waals surface area (Å²) < 4.78 is 0. The van der Waals surface area contributed by atoms with Crippen molar-refractivity contribution in [2.24, 2.45) is 0 Å². The third kappa shape index (κ3) is 2.52. The Morgan fingerprint density at radius 2 is 1.73 bits per heavy atom. The lowest BCUT2D eigenvalue weighted by Crippen LogP contribution is -2.63. The maximum absolute atomic E-state index is 2.98. The molecule has 1 aliphatic heterocycles. The Bertz CT molecular complexity index is 104. The lowest BCUT2D eigenvalue weighted by Gasteiger charge is -2.35. The van der Waals surface area contributed by atoms with E-state index in [2.05, 4.69) is 29.1 Å². The molecule has 0 saturated carbocycles. The van der Waals surface area contributed by atoms with E-state index in [9.17, 15) is 0 Å². The molecule has 0 amide bonds. The van der Waals surface area contributed by atoms with Crippen LogP contribution < -0.4 is 10.3 Å². The van der Waals surface area contributed by atoms with Gasteiger partial charge in [-0.15, -0.1) is 0 Å². The second kappa shape index (κ2) is 4.82. The van der Waals surface area contributed by atoms with Gasteiger partial charge in [0.2, 0.25) is 0 Å². The van der Waals surface area contributed by atoms with E-state index in [1.807, 2.05) is 19.9 Å². The summed E-state index contributed by atoms with van der Waals surface area (Å²) in [6.45, 7) is 6.27. The summed E-state index contributed by atoms with van der Waals surface area (Å²) in [5, 5.41) is 8.14. The number of hydrazine groups is 1. The molecule has 0 aliphatic carbocycles. The first kappa shape index (κ1) is 9.13. The van der Waals surface area contributed by atoms with Crippen LogP contribution in [0.25, 0.3) is 0 Å². The summed E-state index contributed by atoms with van der Waals surface area (Å²) in [6.07, 6.45) is 0. The van der Waals surface area contributed by atoms with Crippen LogP contribution in [0.5, 0.6) is 0 Å². The molecule has 0 aromatic carbocycles. The van der Waals surface area contributed by atoms with Crippen LogP contribution in [0, 0.1) is 0 Å². The van der Waals surface area contributed by atoms with Crippen molar-refractivity contribution < 1.29 is 0 Å². The Morgan fingerprint density at radius 1 is 1.18 bits per heavy atom. The number of nitrogens with one attached hydrogen (secondary N) is 2. The molecular formula is C4H12B3N4. The second-order valence-corrected chi connectivity index (χ2v) is 2.25. The molecule has 57 valence electrons. The average molecular weight is 149 g/mol. The second-order valence-electron chi connectivity index (χ2n) is 2.25. The van der Waals surface area contributed by atoms with E-state index >= 15 is 0 Å².